The van der Waals surface area contributed by atoms with Crippen LogP contribution < -0.4 is 5.56 Å². The Labute approximate surface area is 161 Å². The Kier molecular flexibility index (Phi) is 4.69. The molecule has 0 unspecified atom stereocenters. The van der Waals surface area contributed by atoms with Crippen LogP contribution >= 0.6 is 0 Å². The number of para-hydroxylation sites is 1. The van der Waals surface area contributed by atoms with E-state index in [1.165, 1.54) is 6.07 Å². The van der Waals surface area contributed by atoms with Gasteiger partial charge in [0, 0.05) is 36.0 Å². The largest absolute Gasteiger partial charge is 0.478 e. The summed E-state index contributed by atoms with van der Waals surface area (Å²) in [5.41, 5.74) is 1.92. The Morgan fingerprint density at radius 3 is 2.71 bits per heavy atom. The third kappa shape index (κ3) is 3.41. The van der Waals surface area contributed by atoms with Gasteiger partial charge in [-0.25, -0.2) is 4.79 Å². The zero-order valence-electron chi connectivity index (χ0n) is 15.2. The van der Waals surface area contributed by atoms with E-state index in [-0.39, 0.29) is 22.9 Å². The Bertz CT molecular complexity index is 1120. The highest BCUT2D eigenvalue weighted by atomic mass is 16.4. The number of aromatic amines is 1. The van der Waals surface area contributed by atoms with Gasteiger partial charge in [-0.05, 0) is 36.6 Å². The summed E-state index contributed by atoms with van der Waals surface area (Å²) in [4.78, 5) is 41.0. The van der Waals surface area contributed by atoms with Gasteiger partial charge in [0.25, 0.3) is 5.91 Å². The Balaban J connectivity index is 1.64. The number of nitrogens with zero attached hydrogens (tertiary/aromatic N) is 1. The number of carbonyl (C=O) groups is 2. The van der Waals surface area contributed by atoms with Crippen molar-refractivity contribution >= 4 is 22.8 Å². The maximum absolute atomic E-state index is 13.2. The molecule has 6 nitrogen and oxygen atoms in total. The summed E-state index contributed by atoms with van der Waals surface area (Å²) in [6, 6.07) is 15.5. The number of amides is 1. The molecule has 1 saturated heterocycles. The predicted molar refractivity (Wildman–Crippen MR) is 106 cm³/mol. The van der Waals surface area contributed by atoms with Crippen molar-refractivity contribution in [2.75, 3.05) is 13.1 Å². The maximum atomic E-state index is 13.2. The molecule has 0 bridgehead atoms. The average Bonchev–Trinajstić information content (AvgIpc) is 2.72. The highest BCUT2D eigenvalue weighted by molar-refractivity contribution is 6.06. The number of hydrogen-bond donors (Lipinski definition) is 2. The first kappa shape index (κ1) is 18.0. The first-order valence-electron chi connectivity index (χ1n) is 9.27. The summed E-state index contributed by atoms with van der Waals surface area (Å²) < 4.78 is 0. The maximum Gasteiger partial charge on any atom is 0.335 e. The van der Waals surface area contributed by atoms with Crippen LogP contribution in [0.3, 0.4) is 0 Å². The van der Waals surface area contributed by atoms with Crippen molar-refractivity contribution < 1.29 is 14.7 Å². The van der Waals surface area contributed by atoms with Crippen LogP contribution in [0.15, 0.2) is 59.4 Å². The number of aromatic carboxylic acids is 1. The SMILES string of the molecule is O=C(O)c1cccc([C@@H]2CCCN(C(=O)c3cc(=O)[nH]c4ccccc34)C2)c1. The molecule has 1 fully saturated rings. The second-order valence-corrected chi connectivity index (χ2v) is 7.11. The number of carbonyl (C=O) groups excluding carboxylic acids is 1. The van der Waals surface area contributed by atoms with Gasteiger partial charge in [-0.15, -0.1) is 0 Å². The van der Waals surface area contributed by atoms with Gasteiger partial charge in [-0.2, -0.15) is 0 Å². The van der Waals surface area contributed by atoms with Crippen LogP contribution in [0.5, 0.6) is 0 Å². The minimum atomic E-state index is -0.958. The molecule has 1 atom stereocenters. The first-order valence-corrected chi connectivity index (χ1v) is 9.27. The van der Waals surface area contributed by atoms with E-state index in [9.17, 15) is 19.5 Å². The van der Waals surface area contributed by atoms with Gasteiger partial charge in [-0.3, -0.25) is 9.59 Å². The molecule has 1 aliphatic rings. The fourth-order valence-corrected chi connectivity index (χ4v) is 3.91. The fourth-order valence-electron chi connectivity index (χ4n) is 3.91. The van der Waals surface area contributed by atoms with Crippen molar-refractivity contribution in [2.45, 2.75) is 18.8 Å². The van der Waals surface area contributed by atoms with E-state index in [0.717, 1.165) is 23.8 Å². The molecule has 0 saturated carbocycles. The monoisotopic (exact) mass is 376 g/mol. The molecule has 1 aromatic heterocycles. The molecule has 2 heterocycles. The number of pyridine rings is 1. The third-order valence-corrected chi connectivity index (χ3v) is 5.29. The standard InChI is InChI=1S/C22H20N2O4/c25-20-12-18(17-8-1-2-9-19(17)23-20)21(26)24-10-4-7-16(13-24)14-5-3-6-15(11-14)22(27)28/h1-3,5-6,8-9,11-12,16H,4,7,10,13H2,(H,23,25)(H,27,28)/t16-/m1/s1. The van der Waals surface area contributed by atoms with Crippen LogP contribution in [0.1, 0.15) is 45.0 Å². The first-order chi connectivity index (χ1) is 13.5. The molecule has 28 heavy (non-hydrogen) atoms. The van der Waals surface area contributed by atoms with Crippen LogP contribution in [-0.2, 0) is 0 Å². The number of rotatable bonds is 3. The van der Waals surface area contributed by atoms with Crippen molar-refractivity contribution in [3.8, 4) is 0 Å². The lowest BCUT2D eigenvalue weighted by Gasteiger charge is -2.33. The van der Waals surface area contributed by atoms with E-state index in [4.69, 9.17) is 0 Å². The molecule has 1 aliphatic heterocycles. The molecule has 2 N–H and O–H groups in total. The number of H-pyrrole nitrogens is 1. The van der Waals surface area contributed by atoms with Crippen molar-refractivity contribution in [1.29, 1.82) is 0 Å². The van der Waals surface area contributed by atoms with E-state index in [1.54, 1.807) is 29.2 Å². The van der Waals surface area contributed by atoms with E-state index >= 15 is 0 Å². The molecule has 0 radical (unpaired) electrons. The van der Waals surface area contributed by atoms with Crippen LogP contribution in [0.25, 0.3) is 10.9 Å². The zero-order chi connectivity index (χ0) is 19.7. The highest BCUT2D eigenvalue weighted by Gasteiger charge is 2.27. The molecular weight excluding hydrogens is 356 g/mol. The Morgan fingerprint density at radius 2 is 1.89 bits per heavy atom. The summed E-state index contributed by atoms with van der Waals surface area (Å²) in [7, 11) is 0. The summed E-state index contributed by atoms with van der Waals surface area (Å²) in [6.07, 6.45) is 1.72. The quantitative estimate of drug-likeness (QED) is 0.734. The topological polar surface area (TPSA) is 90.5 Å². The van der Waals surface area contributed by atoms with Gasteiger partial charge >= 0.3 is 5.97 Å². The van der Waals surface area contributed by atoms with E-state index in [2.05, 4.69) is 4.98 Å². The number of piperidine rings is 1. The number of carboxylic acids is 1. The predicted octanol–water partition coefficient (Wildman–Crippen LogP) is 3.25. The van der Waals surface area contributed by atoms with Crippen LogP contribution in [-0.4, -0.2) is 40.0 Å². The number of hydrogen-bond acceptors (Lipinski definition) is 3. The molecule has 0 spiro atoms. The number of fused-ring (bicyclic) bond motifs is 1. The second kappa shape index (κ2) is 7.31. The molecule has 4 rings (SSSR count). The minimum Gasteiger partial charge on any atom is -0.478 e. The number of aromatic nitrogens is 1. The normalized spacial score (nSPS) is 16.9. The summed E-state index contributed by atoms with van der Waals surface area (Å²) in [5, 5.41) is 9.95. The van der Waals surface area contributed by atoms with E-state index in [1.807, 2.05) is 24.3 Å². The van der Waals surface area contributed by atoms with Crippen molar-refractivity contribution in [2.24, 2.45) is 0 Å². The summed E-state index contributed by atoms with van der Waals surface area (Å²) in [5.74, 6) is -1.05. The molecule has 0 aliphatic carbocycles. The van der Waals surface area contributed by atoms with Gasteiger partial charge in [0.05, 0.1) is 11.1 Å². The van der Waals surface area contributed by atoms with Gasteiger partial charge in [-0.1, -0.05) is 30.3 Å². The smallest absolute Gasteiger partial charge is 0.335 e. The summed E-state index contributed by atoms with van der Waals surface area (Å²) >= 11 is 0. The minimum absolute atomic E-state index is 0.0743. The third-order valence-electron chi connectivity index (χ3n) is 5.29. The van der Waals surface area contributed by atoms with E-state index in [0.29, 0.717) is 24.2 Å². The van der Waals surface area contributed by atoms with Crippen molar-refractivity contribution in [1.82, 2.24) is 9.88 Å². The van der Waals surface area contributed by atoms with Crippen LogP contribution in [0.2, 0.25) is 0 Å². The van der Waals surface area contributed by atoms with Crippen molar-refractivity contribution in [3.63, 3.8) is 0 Å². The van der Waals surface area contributed by atoms with Crippen LogP contribution in [0, 0.1) is 0 Å². The number of nitrogens with one attached hydrogen (secondary N) is 1. The van der Waals surface area contributed by atoms with Gasteiger partial charge < -0.3 is 15.0 Å². The van der Waals surface area contributed by atoms with Crippen LogP contribution in [0.4, 0.5) is 0 Å². The summed E-state index contributed by atoms with van der Waals surface area (Å²) in [6.45, 7) is 1.12. The average molecular weight is 376 g/mol. The number of benzene rings is 2. The Morgan fingerprint density at radius 1 is 1.07 bits per heavy atom. The molecule has 1 amide bonds. The lowest BCUT2D eigenvalue weighted by Crippen LogP contribution is -2.39. The highest BCUT2D eigenvalue weighted by Crippen LogP contribution is 2.29. The zero-order valence-corrected chi connectivity index (χ0v) is 15.2. The van der Waals surface area contributed by atoms with E-state index < -0.39 is 5.97 Å². The lowest BCUT2D eigenvalue weighted by atomic mass is 9.89. The second-order valence-electron chi connectivity index (χ2n) is 7.11. The molecule has 142 valence electrons. The lowest BCUT2D eigenvalue weighted by molar-refractivity contribution is 0.0688. The number of carboxylic acid groups (broad SMARTS) is 1. The van der Waals surface area contributed by atoms with Gasteiger partial charge in [0.2, 0.25) is 5.56 Å². The fraction of sp³-hybridized carbons (Fsp3) is 0.227. The Hall–Kier alpha value is -3.41. The number of likely N-dealkylation sites (tertiary alicyclic amines) is 1. The molecule has 2 aromatic carbocycles. The molecule has 6 heteroatoms. The molecule has 3 aromatic rings. The van der Waals surface area contributed by atoms with Crippen molar-refractivity contribution in [3.05, 3.63) is 81.6 Å². The molecular formula is C22H20N2O4. The van der Waals surface area contributed by atoms with Gasteiger partial charge in [0.1, 0.15) is 0 Å². The van der Waals surface area contributed by atoms with Gasteiger partial charge in [0.15, 0.2) is 0 Å².